The fourth-order valence-electron chi connectivity index (χ4n) is 2.82. The van der Waals surface area contributed by atoms with Crippen LogP contribution in [-0.2, 0) is 11.3 Å². The zero-order chi connectivity index (χ0) is 19.3. The van der Waals surface area contributed by atoms with Crippen molar-refractivity contribution in [3.63, 3.8) is 0 Å². The highest BCUT2D eigenvalue weighted by atomic mass is 79.9. The summed E-state index contributed by atoms with van der Waals surface area (Å²) in [5.41, 5.74) is 2.89. The van der Waals surface area contributed by atoms with Crippen LogP contribution in [0.25, 0.3) is 6.08 Å². The number of thioether (sulfide) groups is 1. The Bertz CT molecular complexity index is 1030. The van der Waals surface area contributed by atoms with Crippen molar-refractivity contribution < 1.29 is 4.79 Å². The maximum atomic E-state index is 13.1. The van der Waals surface area contributed by atoms with Gasteiger partial charge in [-0.2, -0.15) is 0 Å². The lowest BCUT2D eigenvalue weighted by atomic mass is 10.2. The summed E-state index contributed by atoms with van der Waals surface area (Å²) in [6.07, 6.45) is 1.92. The zero-order valence-corrected chi connectivity index (χ0v) is 17.4. The lowest BCUT2D eigenvalue weighted by Gasteiger charge is -2.15. The Morgan fingerprint density at radius 2 is 1.54 bits per heavy atom. The monoisotopic (exact) mass is 448 g/mol. The quantitative estimate of drug-likeness (QED) is 0.441. The standard InChI is InChI=1S/C23H17BrN2OS/c24-19-13-11-17(12-14-19)15-21-22(27)26(16-18-7-3-1-4-8-18)23(28-21)25-20-9-5-2-6-10-20/h1-15H,16H2/b21-15-,25-23?. The van der Waals surface area contributed by atoms with Gasteiger partial charge < -0.3 is 0 Å². The average Bonchev–Trinajstić information content (AvgIpc) is 3.00. The number of rotatable bonds is 4. The first kappa shape index (κ1) is 18.7. The van der Waals surface area contributed by atoms with E-state index >= 15 is 0 Å². The van der Waals surface area contributed by atoms with Gasteiger partial charge in [0.2, 0.25) is 0 Å². The van der Waals surface area contributed by atoms with Gasteiger partial charge in [0.25, 0.3) is 5.91 Å². The fraction of sp³-hybridized carbons (Fsp3) is 0.0435. The number of carbonyl (C=O) groups is 1. The van der Waals surface area contributed by atoms with E-state index in [0.29, 0.717) is 16.6 Å². The molecule has 3 aromatic carbocycles. The number of amidine groups is 1. The van der Waals surface area contributed by atoms with E-state index in [1.807, 2.05) is 91.0 Å². The van der Waals surface area contributed by atoms with E-state index in [1.54, 1.807) is 4.90 Å². The van der Waals surface area contributed by atoms with Gasteiger partial charge in [0.1, 0.15) is 0 Å². The third kappa shape index (κ3) is 4.43. The van der Waals surface area contributed by atoms with Crippen LogP contribution in [0.2, 0.25) is 0 Å². The molecule has 0 unspecified atom stereocenters. The maximum absolute atomic E-state index is 13.1. The molecule has 1 saturated heterocycles. The van der Waals surface area contributed by atoms with Crippen LogP contribution in [0.5, 0.6) is 0 Å². The highest BCUT2D eigenvalue weighted by Crippen LogP contribution is 2.35. The number of halogens is 1. The van der Waals surface area contributed by atoms with Gasteiger partial charge in [-0.05, 0) is 53.2 Å². The molecule has 1 aliphatic heterocycles. The lowest BCUT2D eigenvalue weighted by Crippen LogP contribution is -2.28. The van der Waals surface area contributed by atoms with E-state index in [2.05, 4.69) is 15.9 Å². The van der Waals surface area contributed by atoms with Crippen LogP contribution in [0.15, 0.2) is 99.3 Å². The van der Waals surface area contributed by atoms with Crippen molar-refractivity contribution in [3.05, 3.63) is 105 Å². The molecule has 3 aromatic rings. The van der Waals surface area contributed by atoms with Crippen LogP contribution in [0, 0.1) is 0 Å². The summed E-state index contributed by atoms with van der Waals surface area (Å²) in [6, 6.07) is 27.6. The van der Waals surface area contributed by atoms with Crippen molar-refractivity contribution in [2.75, 3.05) is 0 Å². The second-order valence-corrected chi connectivity index (χ2v) is 8.19. The van der Waals surface area contributed by atoms with Crippen molar-refractivity contribution in [1.82, 2.24) is 4.90 Å². The molecule has 0 saturated carbocycles. The molecule has 0 N–H and O–H groups in total. The topological polar surface area (TPSA) is 32.7 Å². The molecule has 5 heteroatoms. The van der Waals surface area contributed by atoms with E-state index in [4.69, 9.17) is 4.99 Å². The predicted octanol–water partition coefficient (Wildman–Crippen LogP) is 6.25. The van der Waals surface area contributed by atoms with Gasteiger partial charge in [-0.1, -0.05) is 76.6 Å². The molecule has 1 fully saturated rings. The highest BCUT2D eigenvalue weighted by Gasteiger charge is 2.33. The summed E-state index contributed by atoms with van der Waals surface area (Å²) in [6.45, 7) is 0.496. The maximum Gasteiger partial charge on any atom is 0.267 e. The number of aliphatic imine (C=N–C) groups is 1. The molecule has 0 aliphatic carbocycles. The van der Waals surface area contributed by atoms with E-state index in [0.717, 1.165) is 21.3 Å². The van der Waals surface area contributed by atoms with E-state index in [1.165, 1.54) is 11.8 Å². The summed E-state index contributed by atoms with van der Waals surface area (Å²) in [5, 5.41) is 0.698. The molecular weight excluding hydrogens is 432 g/mol. The second kappa shape index (κ2) is 8.59. The second-order valence-electron chi connectivity index (χ2n) is 6.27. The number of hydrogen-bond donors (Lipinski definition) is 0. The van der Waals surface area contributed by atoms with Crippen molar-refractivity contribution >= 4 is 50.5 Å². The molecule has 28 heavy (non-hydrogen) atoms. The van der Waals surface area contributed by atoms with Crippen molar-refractivity contribution in [2.24, 2.45) is 4.99 Å². The van der Waals surface area contributed by atoms with Crippen LogP contribution in [0.3, 0.4) is 0 Å². The smallest absolute Gasteiger partial charge is 0.267 e. The SMILES string of the molecule is O=C1/C(=C/c2ccc(Br)cc2)SC(=Nc2ccccc2)N1Cc1ccccc1. The Hall–Kier alpha value is -2.63. The minimum atomic E-state index is -0.0218. The predicted molar refractivity (Wildman–Crippen MR) is 120 cm³/mol. The molecule has 138 valence electrons. The Morgan fingerprint density at radius 3 is 2.21 bits per heavy atom. The fourth-order valence-corrected chi connectivity index (χ4v) is 4.08. The number of amides is 1. The number of carbonyl (C=O) groups excluding carboxylic acids is 1. The largest absolute Gasteiger partial charge is 0.282 e. The summed E-state index contributed by atoms with van der Waals surface area (Å²) >= 11 is 4.86. The van der Waals surface area contributed by atoms with Gasteiger partial charge in [0.05, 0.1) is 17.1 Å². The minimum Gasteiger partial charge on any atom is -0.282 e. The van der Waals surface area contributed by atoms with Gasteiger partial charge >= 0.3 is 0 Å². The van der Waals surface area contributed by atoms with Gasteiger partial charge in [-0.25, -0.2) is 4.99 Å². The number of hydrogen-bond acceptors (Lipinski definition) is 3. The van der Waals surface area contributed by atoms with Gasteiger partial charge in [-0.15, -0.1) is 0 Å². The molecular formula is C23H17BrN2OS. The van der Waals surface area contributed by atoms with Crippen LogP contribution in [0.1, 0.15) is 11.1 Å². The molecule has 1 aliphatic rings. The lowest BCUT2D eigenvalue weighted by molar-refractivity contribution is -0.122. The Balaban J connectivity index is 1.69. The minimum absolute atomic E-state index is 0.0218. The van der Waals surface area contributed by atoms with E-state index in [-0.39, 0.29) is 5.91 Å². The first-order valence-corrected chi connectivity index (χ1v) is 10.4. The third-order valence-electron chi connectivity index (χ3n) is 4.22. The van der Waals surface area contributed by atoms with Crippen LogP contribution < -0.4 is 0 Å². The zero-order valence-electron chi connectivity index (χ0n) is 15.0. The van der Waals surface area contributed by atoms with Gasteiger partial charge in [0.15, 0.2) is 5.17 Å². The third-order valence-corrected chi connectivity index (χ3v) is 5.76. The normalized spacial score (nSPS) is 16.9. The van der Waals surface area contributed by atoms with Crippen molar-refractivity contribution in [3.8, 4) is 0 Å². The highest BCUT2D eigenvalue weighted by molar-refractivity contribution is 9.10. The summed E-state index contributed by atoms with van der Waals surface area (Å²) < 4.78 is 1.01. The molecule has 0 aromatic heterocycles. The summed E-state index contributed by atoms with van der Waals surface area (Å²) in [7, 11) is 0. The molecule has 0 spiro atoms. The first-order chi connectivity index (χ1) is 13.7. The van der Waals surface area contributed by atoms with Crippen molar-refractivity contribution in [1.29, 1.82) is 0 Å². The number of benzene rings is 3. The molecule has 0 bridgehead atoms. The summed E-state index contributed by atoms with van der Waals surface area (Å²) in [4.78, 5) is 20.3. The molecule has 1 heterocycles. The molecule has 0 atom stereocenters. The molecule has 3 nitrogen and oxygen atoms in total. The summed E-state index contributed by atoms with van der Waals surface area (Å²) in [5.74, 6) is -0.0218. The number of nitrogens with zero attached hydrogens (tertiary/aromatic N) is 2. The molecule has 1 amide bonds. The Kier molecular flexibility index (Phi) is 5.74. The van der Waals surface area contributed by atoms with Crippen molar-refractivity contribution in [2.45, 2.75) is 6.54 Å². The molecule has 0 radical (unpaired) electrons. The Morgan fingerprint density at radius 1 is 0.893 bits per heavy atom. The van der Waals surface area contributed by atoms with E-state index in [9.17, 15) is 4.79 Å². The first-order valence-electron chi connectivity index (χ1n) is 8.84. The van der Waals surface area contributed by atoms with Crippen LogP contribution in [0.4, 0.5) is 5.69 Å². The Labute approximate surface area is 176 Å². The van der Waals surface area contributed by atoms with Gasteiger partial charge in [-0.3, -0.25) is 9.69 Å². The average molecular weight is 449 g/mol. The number of para-hydroxylation sites is 1. The van der Waals surface area contributed by atoms with E-state index < -0.39 is 0 Å². The molecule has 4 rings (SSSR count). The van der Waals surface area contributed by atoms with Crippen LogP contribution in [-0.4, -0.2) is 16.0 Å². The van der Waals surface area contributed by atoms with Crippen LogP contribution >= 0.6 is 27.7 Å². The van der Waals surface area contributed by atoms with Gasteiger partial charge in [0, 0.05) is 4.47 Å².